The largest absolute Gasteiger partial charge is 0.417 e. The van der Waals surface area contributed by atoms with Crippen molar-refractivity contribution < 1.29 is 92.7 Å². The van der Waals surface area contributed by atoms with E-state index in [9.17, 15) is 64.7 Å². The fraction of sp³-hybridized carbons (Fsp3) is 0.743. The SMILES string of the molecule is CC[C@H](C)[C@@H]1NC(=O)[C@H](CC(F)(F)F)N(C)C(=O)C[C@@H](C(=O)N2CCCC2)N(C)C(=O)[C@H](C2CCCCC2)N(C)C(=O)C2(CCCC2)NC(=O)[C@@H]2CC(F)(F)CN2C(=O)[C@H](CCc2ccc(C(F)(F)F)c(Cl)c2)NC(=O)CN(C)C(=O)[C@H](CC2CCCCC2)N(C)C(=O)CN(C)C(=O)CN(C)C1=O. The highest BCUT2D eigenvalue weighted by Crippen LogP contribution is 2.40. The second-order valence-electron chi connectivity index (χ2n) is 29.4. The van der Waals surface area contributed by atoms with Gasteiger partial charge in [-0.3, -0.25) is 57.5 Å². The molecule has 33 heteroatoms. The Morgan fingerprint density at radius 2 is 1.22 bits per heavy atom. The molecule has 3 aliphatic heterocycles. The first-order chi connectivity index (χ1) is 48.2. The van der Waals surface area contributed by atoms with E-state index < -0.39 is 211 Å². The fourth-order valence-electron chi connectivity index (χ4n) is 15.4. The maximum atomic E-state index is 16.1. The van der Waals surface area contributed by atoms with E-state index in [1.165, 1.54) is 54.1 Å². The number of carbonyl (C=O) groups is 12. The third-order valence-electron chi connectivity index (χ3n) is 21.8. The number of likely N-dealkylation sites (tertiary alicyclic amines) is 1. The van der Waals surface area contributed by atoms with Gasteiger partial charge in [-0.1, -0.05) is 102 Å². The molecule has 12 amide bonds. The van der Waals surface area contributed by atoms with Gasteiger partial charge in [-0.05, 0) is 93.2 Å². The van der Waals surface area contributed by atoms with Gasteiger partial charge in [0.2, 0.25) is 70.9 Å². The second kappa shape index (κ2) is 35.1. The van der Waals surface area contributed by atoms with E-state index in [1.807, 2.05) is 0 Å². The number of nitrogens with one attached hydrogen (secondary N) is 3. The average Bonchev–Trinajstić information content (AvgIpc) is 1.70. The molecule has 0 unspecified atom stereocenters. The Bertz CT molecular complexity index is 3270. The summed E-state index contributed by atoms with van der Waals surface area (Å²) in [5, 5.41) is 6.91. The molecule has 103 heavy (non-hydrogen) atoms. The lowest BCUT2D eigenvalue weighted by Gasteiger charge is -2.43. The molecule has 1 spiro atoms. The number of halogens is 9. The van der Waals surface area contributed by atoms with E-state index in [2.05, 4.69) is 16.0 Å². The van der Waals surface area contributed by atoms with E-state index in [0.29, 0.717) is 67.2 Å². The summed E-state index contributed by atoms with van der Waals surface area (Å²) >= 11 is 6.08. The average molecular weight is 1490 g/mol. The van der Waals surface area contributed by atoms with Crippen molar-refractivity contribution >= 4 is 82.5 Å². The molecule has 3 saturated carbocycles. The molecule has 0 bridgehead atoms. The Morgan fingerprint density at radius 3 is 1.81 bits per heavy atom. The molecule has 3 N–H and O–H groups in total. The van der Waals surface area contributed by atoms with Gasteiger partial charge in [0.15, 0.2) is 0 Å². The molecule has 576 valence electrons. The van der Waals surface area contributed by atoms with Crippen LogP contribution in [0.5, 0.6) is 0 Å². The topological polar surface area (TPSA) is 270 Å². The third-order valence-corrected chi connectivity index (χ3v) is 22.2. The van der Waals surface area contributed by atoms with Crippen LogP contribution in [0, 0.1) is 17.8 Å². The number of rotatable bonds is 10. The number of aryl methyl sites for hydroxylation is 1. The summed E-state index contributed by atoms with van der Waals surface area (Å²) in [5.74, 6) is -17.4. The molecule has 0 aromatic heterocycles. The Kier molecular flexibility index (Phi) is 28.3. The Balaban J connectivity index is 1.31. The maximum absolute atomic E-state index is 16.1. The van der Waals surface area contributed by atoms with Crippen molar-refractivity contribution in [3.63, 3.8) is 0 Å². The van der Waals surface area contributed by atoms with Gasteiger partial charge >= 0.3 is 12.4 Å². The summed E-state index contributed by atoms with van der Waals surface area (Å²) in [6.45, 7) is -0.158. The van der Waals surface area contributed by atoms with Crippen LogP contribution in [0.4, 0.5) is 35.1 Å². The maximum Gasteiger partial charge on any atom is 0.417 e. The van der Waals surface area contributed by atoms with Crippen molar-refractivity contribution in [3.8, 4) is 0 Å². The van der Waals surface area contributed by atoms with Crippen LogP contribution in [0.15, 0.2) is 18.2 Å². The van der Waals surface area contributed by atoms with Gasteiger partial charge in [-0.25, -0.2) is 8.78 Å². The van der Waals surface area contributed by atoms with Gasteiger partial charge in [-0.2, -0.15) is 26.3 Å². The monoisotopic (exact) mass is 1490 g/mol. The molecule has 3 saturated heterocycles. The summed E-state index contributed by atoms with van der Waals surface area (Å²) in [6.07, 6.45) is -6.92. The van der Waals surface area contributed by atoms with Gasteiger partial charge in [0.05, 0.1) is 49.6 Å². The van der Waals surface area contributed by atoms with Crippen molar-refractivity contribution in [1.29, 1.82) is 0 Å². The molecule has 3 heterocycles. The van der Waals surface area contributed by atoms with Crippen LogP contribution in [-0.4, -0.2) is 264 Å². The van der Waals surface area contributed by atoms with Crippen molar-refractivity contribution in [2.75, 3.05) is 88.6 Å². The van der Waals surface area contributed by atoms with Crippen LogP contribution < -0.4 is 16.0 Å². The first-order valence-electron chi connectivity index (χ1n) is 35.8. The van der Waals surface area contributed by atoms with Crippen LogP contribution in [0.25, 0.3) is 0 Å². The number of hydrogen-bond acceptors (Lipinski definition) is 12. The summed E-state index contributed by atoms with van der Waals surface area (Å²) in [5.41, 5.74) is -3.00. The zero-order valence-corrected chi connectivity index (χ0v) is 61.1. The first-order valence-corrected chi connectivity index (χ1v) is 36.2. The highest BCUT2D eigenvalue weighted by atomic mass is 35.5. The molecule has 3 aliphatic carbocycles. The molecule has 8 atom stereocenters. The molecule has 24 nitrogen and oxygen atoms in total. The number of likely N-dealkylation sites (N-methyl/N-ethyl adjacent to an activating group) is 7. The number of hydrogen-bond donors (Lipinski definition) is 3. The number of alkyl halides is 8. The Labute approximate surface area is 601 Å². The molecule has 6 aliphatic rings. The third kappa shape index (κ3) is 21.0. The molecule has 0 radical (unpaired) electrons. The van der Waals surface area contributed by atoms with Crippen LogP contribution >= 0.6 is 11.6 Å². The number of nitrogens with zero attached hydrogens (tertiary/aromatic N) is 9. The molecular formula is C70H101ClF8N12O12. The quantitative estimate of drug-likeness (QED) is 0.222. The van der Waals surface area contributed by atoms with Crippen molar-refractivity contribution in [3.05, 3.63) is 34.3 Å². The smallest absolute Gasteiger partial charge is 0.343 e. The van der Waals surface area contributed by atoms with Crippen LogP contribution in [-0.2, 0) is 70.1 Å². The predicted molar refractivity (Wildman–Crippen MR) is 361 cm³/mol. The van der Waals surface area contributed by atoms with Crippen LogP contribution in [0.3, 0.4) is 0 Å². The summed E-state index contributed by atoms with van der Waals surface area (Å²) in [4.78, 5) is 186. The highest BCUT2D eigenvalue weighted by Gasteiger charge is 2.56. The standard InChI is InChI=1S/C70H101ClF8N12O12/c1-10-42(2)57-64(101)85(5)39-55(94)83(3)40-56(95)86(6)49(34-43-21-13-11-14-22-43)62(99)84(4)38-53(92)80-48(28-26-44-25-27-46(47(71)33-44)70(77,78)79)61(98)91-41-68(72,73)36-52(91)60(97)82-67(29-17-18-30-67)66(103)89(9)58(45-23-15-12-16-24-45)65(102)88(8)50(63(100)90-31-19-20-32-90)35-54(93)87(7)51(59(96)81-57)37-69(74,75)76/h25,27,33,42-43,45,48-52,57-58H,10-24,26,28-32,34-41H2,1-9H3,(H,80,92)(H,81,96)(H,82,97)/t42-,48-,49-,50-,51-,52-,57-,58-/m0/s1. The first kappa shape index (κ1) is 82.9. The molecule has 1 aromatic carbocycles. The van der Waals surface area contributed by atoms with Crippen LogP contribution in [0.1, 0.15) is 166 Å². The van der Waals surface area contributed by atoms with Crippen molar-refractivity contribution in [2.45, 2.75) is 228 Å². The van der Waals surface area contributed by atoms with Gasteiger partial charge in [0.25, 0.3) is 5.92 Å². The summed E-state index contributed by atoms with van der Waals surface area (Å²) in [7, 11) is 8.37. The minimum Gasteiger partial charge on any atom is -0.343 e. The van der Waals surface area contributed by atoms with Gasteiger partial charge < -0.3 is 60.0 Å². The Morgan fingerprint density at radius 1 is 0.641 bits per heavy atom. The van der Waals surface area contributed by atoms with E-state index >= 15 is 28.0 Å². The number of fused-ring (bicyclic) bond motifs is 1. The molecule has 7 rings (SSSR count). The zero-order valence-electron chi connectivity index (χ0n) is 60.3. The lowest BCUT2D eigenvalue weighted by Crippen LogP contribution is -2.65. The minimum atomic E-state index is -5.13. The van der Waals surface area contributed by atoms with Gasteiger partial charge in [0.1, 0.15) is 47.8 Å². The van der Waals surface area contributed by atoms with E-state index in [1.54, 1.807) is 6.92 Å². The normalized spacial score (nSPS) is 27.0. The highest BCUT2D eigenvalue weighted by molar-refractivity contribution is 6.31. The summed E-state index contributed by atoms with van der Waals surface area (Å²) in [6, 6.07) is -9.63. The minimum absolute atomic E-state index is 0.0839. The molecular weight excluding hydrogens is 1390 g/mol. The zero-order chi connectivity index (χ0) is 76.4. The number of carbonyl (C=O) groups excluding carboxylic acids is 12. The number of benzene rings is 1. The van der Waals surface area contributed by atoms with Gasteiger partial charge in [-0.15, -0.1) is 0 Å². The molecule has 1 aromatic rings. The van der Waals surface area contributed by atoms with Gasteiger partial charge in [0, 0.05) is 68.8 Å². The fourth-order valence-corrected chi connectivity index (χ4v) is 15.7. The lowest BCUT2D eigenvalue weighted by molar-refractivity contribution is -0.163. The van der Waals surface area contributed by atoms with E-state index in [0.717, 1.165) is 74.3 Å². The van der Waals surface area contributed by atoms with Crippen molar-refractivity contribution in [1.82, 2.24) is 60.0 Å². The van der Waals surface area contributed by atoms with E-state index in [-0.39, 0.29) is 69.5 Å². The predicted octanol–water partition coefficient (Wildman–Crippen LogP) is 6.18. The summed E-state index contributed by atoms with van der Waals surface area (Å²) < 4.78 is 118. The van der Waals surface area contributed by atoms with Crippen LogP contribution in [0.2, 0.25) is 5.02 Å². The molecule has 6 fully saturated rings. The van der Waals surface area contributed by atoms with E-state index in [4.69, 9.17) is 11.6 Å². The van der Waals surface area contributed by atoms with Crippen molar-refractivity contribution in [2.24, 2.45) is 17.8 Å². The lowest BCUT2D eigenvalue weighted by atomic mass is 9.81. The Hall–Kier alpha value is -7.41. The number of amides is 12. The second-order valence-corrected chi connectivity index (χ2v) is 29.8.